The van der Waals surface area contributed by atoms with Crippen LogP contribution in [0.1, 0.15) is 13.8 Å². The highest BCUT2D eigenvalue weighted by atomic mass is 35.5. The van der Waals surface area contributed by atoms with Crippen molar-refractivity contribution < 1.29 is 19.0 Å². The molecule has 0 bridgehead atoms. The lowest BCUT2D eigenvalue weighted by Crippen LogP contribution is -2.01. The molecule has 4 nitrogen and oxygen atoms in total. The van der Waals surface area contributed by atoms with Crippen molar-refractivity contribution in [2.75, 3.05) is 19.8 Å². The predicted octanol–water partition coefficient (Wildman–Crippen LogP) is 1.64. The summed E-state index contributed by atoms with van der Waals surface area (Å²) in [6, 6.07) is 0. The van der Waals surface area contributed by atoms with Crippen LogP contribution in [0, 0.1) is 0 Å². The molecular weight excluding hydrogens is 196 g/mol. The molecule has 0 aromatic rings. The van der Waals surface area contributed by atoms with Crippen molar-refractivity contribution in [3.8, 4) is 0 Å². The van der Waals surface area contributed by atoms with Gasteiger partial charge in [0.15, 0.2) is 0 Å². The van der Waals surface area contributed by atoms with Gasteiger partial charge in [0.05, 0.1) is 6.61 Å². The zero-order chi connectivity index (χ0) is 10.1. The first-order valence-electron chi connectivity index (χ1n) is 3.90. The number of ether oxygens (including phenoxy) is 3. The molecule has 0 aromatic heterocycles. The number of hydrogen-bond donors (Lipinski definition) is 0. The molecule has 76 valence electrons. The molecule has 0 aliphatic heterocycles. The Bertz CT molecular complexity index is 179. The van der Waals surface area contributed by atoms with E-state index in [9.17, 15) is 4.79 Å². The van der Waals surface area contributed by atoms with Crippen LogP contribution in [0.15, 0.2) is 11.5 Å². The Labute approximate surface area is 82.4 Å². The fourth-order valence-corrected chi connectivity index (χ4v) is 0.709. The number of carbonyl (C=O) groups is 1. The fourth-order valence-electron chi connectivity index (χ4n) is 0.537. The lowest BCUT2D eigenvalue weighted by Gasteiger charge is -2.01. The predicted molar refractivity (Wildman–Crippen MR) is 48.1 cm³/mol. The standard InChI is InChI=1S/C8H13ClO4/c1-3-11-4-5-12-6-8(9)13-7(2)10/h6H,3-5H2,1-2H3/b8-6+. The van der Waals surface area contributed by atoms with E-state index >= 15 is 0 Å². The number of rotatable bonds is 6. The van der Waals surface area contributed by atoms with Gasteiger partial charge in [-0.25, -0.2) is 0 Å². The van der Waals surface area contributed by atoms with Crippen molar-refractivity contribution in [3.05, 3.63) is 11.5 Å². The Hall–Kier alpha value is -0.740. The van der Waals surface area contributed by atoms with E-state index in [1.54, 1.807) is 0 Å². The van der Waals surface area contributed by atoms with E-state index in [-0.39, 0.29) is 5.22 Å². The summed E-state index contributed by atoms with van der Waals surface area (Å²) in [6.07, 6.45) is 1.17. The number of carbonyl (C=O) groups excluding carboxylic acids is 1. The Morgan fingerprint density at radius 3 is 2.69 bits per heavy atom. The monoisotopic (exact) mass is 208 g/mol. The zero-order valence-electron chi connectivity index (χ0n) is 7.71. The van der Waals surface area contributed by atoms with Crippen LogP contribution < -0.4 is 0 Å². The zero-order valence-corrected chi connectivity index (χ0v) is 8.47. The average Bonchev–Trinajstić information content (AvgIpc) is 2.02. The molecule has 5 heteroatoms. The van der Waals surface area contributed by atoms with Crippen molar-refractivity contribution in [1.82, 2.24) is 0 Å². The molecule has 0 heterocycles. The van der Waals surface area contributed by atoms with Crippen LogP contribution in [0.4, 0.5) is 0 Å². The summed E-state index contributed by atoms with van der Waals surface area (Å²) >= 11 is 5.44. The van der Waals surface area contributed by atoms with Crippen molar-refractivity contribution in [2.24, 2.45) is 0 Å². The third-order valence-electron chi connectivity index (χ3n) is 0.967. The molecule has 0 aliphatic rings. The van der Waals surface area contributed by atoms with E-state index in [1.807, 2.05) is 6.92 Å². The molecule has 0 saturated heterocycles. The maximum Gasteiger partial charge on any atom is 0.308 e. The molecule has 0 saturated carbocycles. The van der Waals surface area contributed by atoms with Gasteiger partial charge in [-0.05, 0) is 18.5 Å². The van der Waals surface area contributed by atoms with Crippen molar-refractivity contribution in [3.63, 3.8) is 0 Å². The minimum Gasteiger partial charge on any atom is -0.494 e. The minimum atomic E-state index is -0.477. The Morgan fingerprint density at radius 2 is 2.15 bits per heavy atom. The van der Waals surface area contributed by atoms with Gasteiger partial charge in [-0.1, -0.05) is 0 Å². The van der Waals surface area contributed by atoms with E-state index in [0.717, 1.165) is 0 Å². The average molecular weight is 209 g/mol. The summed E-state index contributed by atoms with van der Waals surface area (Å²) in [4.78, 5) is 10.4. The van der Waals surface area contributed by atoms with Gasteiger partial charge in [-0.2, -0.15) is 0 Å². The van der Waals surface area contributed by atoms with Crippen LogP contribution >= 0.6 is 11.6 Å². The molecule has 0 fully saturated rings. The summed E-state index contributed by atoms with van der Waals surface area (Å²) in [6.45, 7) is 4.66. The molecule has 0 radical (unpaired) electrons. The van der Waals surface area contributed by atoms with Gasteiger partial charge in [-0.15, -0.1) is 0 Å². The molecular formula is C8H13ClO4. The van der Waals surface area contributed by atoms with Gasteiger partial charge in [0.1, 0.15) is 12.9 Å². The number of esters is 1. The topological polar surface area (TPSA) is 44.8 Å². The minimum absolute atomic E-state index is 0.0796. The molecule has 0 rings (SSSR count). The molecule has 13 heavy (non-hydrogen) atoms. The van der Waals surface area contributed by atoms with Gasteiger partial charge in [-0.3, -0.25) is 4.79 Å². The quantitative estimate of drug-likeness (QED) is 0.378. The molecule has 0 aromatic carbocycles. The smallest absolute Gasteiger partial charge is 0.308 e. The first kappa shape index (κ1) is 12.3. The van der Waals surface area contributed by atoms with Crippen LogP contribution in [-0.2, 0) is 19.0 Å². The molecule has 0 atom stereocenters. The maximum absolute atomic E-state index is 10.4. The first-order chi connectivity index (χ1) is 6.16. The molecule has 0 N–H and O–H groups in total. The van der Waals surface area contributed by atoms with E-state index in [0.29, 0.717) is 19.8 Å². The van der Waals surface area contributed by atoms with Gasteiger partial charge >= 0.3 is 5.97 Å². The highest BCUT2D eigenvalue weighted by molar-refractivity contribution is 6.28. The van der Waals surface area contributed by atoms with Crippen LogP contribution in [-0.4, -0.2) is 25.8 Å². The van der Waals surface area contributed by atoms with Crippen molar-refractivity contribution in [2.45, 2.75) is 13.8 Å². The van der Waals surface area contributed by atoms with Gasteiger partial charge in [0.25, 0.3) is 0 Å². The molecule has 0 amide bonds. The Morgan fingerprint density at radius 1 is 1.46 bits per heavy atom. The second-order valence-corrected chi connectivity index (χ2v) is 2.46. The van der Waals surface area contributed by atoms with Crippen molar-refractivity contribution in [1.29, 1.82) is 0 Å². The molecule has 0 aliphatic carbocycles. The van der Waals surface area contributed by atoms with E-state index in [4.69, 9.17) is 21.1 Å². The lowest BCUT2D eigenvalue weighted by molar-refractivity contribution is -0.136. The van der Waals surface area contributed by atoms with Crippen molar-refractivity contribution >= 4 is 17.6 Å². The van der Waals surface area contributed by atoms with Crippen LogP contribution in [0.3, 0.4) is 0 Å². The molecule has 0 spiro atoms. The number of halogens is 1. The highest BCUT2D eigenvalue weighted by Crippen LogP contribution is 2.03. The van der Waals surface area contributed by atoms with Crippen LogP contribution in [0.5, 0.6) is 0 Å². The summed E-state index contributed by atoms with van der Waals surface area (Å²) in [7, 11) is 0. The second kappa shape index (κ2) is 7.89. The Kier molecular flexibility index (Phi) is 7.44. The van der Waals surface area contributed by atoms with E-state index in [2.05, 4.69) is 4.74 Å². The van der Waals surface area contributed by atoms with Gasteiger partial charge in [0, 0.05) is 13.5 Å². The summed E-state index contributed by atoms with van der Waals surface area (Å²) in [5, 5.41) is -0.0796. The van der Waals surface area contributed by atoms with E-state index < -0.39 is 5.97 Å². The third-order valence-corrected chi connectivity index (χ3v) is 1.13. The SMILES string of the molecule is CCOCCO/C=C(\Cl)OC(C)=O. The fraction of sp³-hybridized carbons (Fsp3) is 0.625. The Balaban J connectivity index is 3.42. The third kappa shape index (κ3) is 9.17. The normalized spacial score (nSPS) is 11.2. The van der Waals surface area contributed by atoms with Crippen LogP contribution in [0.2, 0.25) is 0 Å². The number of hydrogen-bond acceptors (Lipinski definition) is 4. The van der Waals surface area contributed by atoms with Crippen LogP contribution in [0.25, 0.3) is 0 Å². The molecule has 0 unspecified atom stereocenters. The largest absolute Gasteiger partial charge is 0.494 e. The van der Waals surface area contributed by atoms with Gasteiger partial charge in [0.2, 0.25) is 5.22 Å². The maximum atomic E-state index is 10.4. The first-order valence-corrected chi connectivity index (χ1v) is 4.28. The van der Waals surface area contributed by atoms with E-state index in [1.165, 1.54) is 13.2 Å². The highest BCUT2D eigenvalue weighted by Gasteiger charge is 1.96. The summed E-state index contributed by atoms with van der Waals surface area (Å²) < 4.78 is 14.4. The summed E-state index contributed by atoms with van der Waals surface area (Å²) in [5.74, 6) is -0.477. The lowest BCUT2D eigenvalue weighted by atomic mass is 10.7. The summed E-state index contributed by atoms with van der Waals surface area (Å²) in [5.41, 5.74) is 0. The second-order valence-electron chi connectivity index (χ2n) is 2.08. The van der Waals surface area contributed by atoms with Gasteiger partial charge < -0.3 is 14.2 Å².